The van der Waals surface area contributed by atoms with Gasteiger partial charge in [-0.3, -0.25) is 9.36 Å². The predicted octanol–water partition coefficient (Wildman–Crippen LogP) is 2.95. The Kier molecular flexibility index (Phi) is 7.18. The van der Waals surface area contributed by atoms with Crippen LogP contribution in [0.25, 0.3) is 0 Å². The fraction of sp³-hybridized carbons (Fsp3) is 0.286. The molecule has 1 amide bonds. The Balaban J connectivity index is 1.65. The van der Waals surface area contributed by atoms with Gasteiger partial charge in [0.1, 0.15) is 0 Å². The van der Waals surface area contributed by atoms with E-state index < -0.39 is 5.25 Å². The smallest absolute Gasteiger partial charge is 0.343 e. The molecule has 0 saturated heterocycles. The second-order valence-corrected chi connectivity index (χ2v) is 7.83. The molecular weight excluding hydrogens is 404 g/mol. The van der Waals surface area contributed by atoms with Crippen molar-refractivity contribution < 1.29 is 14.3 Å². The van der Waals surface area contributed by atoms with Crippen LogP contribution in [0.2, 0.25) is 0 Å². The third-order valence-corrected chi connectivity index (χ3v) is 5.58. The van der Waals surface area contributed by atoms with E-state index in [0.717, 1.165) is 5.56 Å². The summed E-state index contributed by atoms with van der Waals surface area (Å²) in [5, 5.41) is 9.41. The SMILES string of the molecule is COc1ccc(NC(=O)C(C)Sc2n[nH]c(=O)n2CCc2ccccc2)cc1OC. The number of ether oxygens (including phenoxy) is 2. The minimum Gasteiger partial charge on any atom is -0.493 e. The molecule has 3 aromatic rings. The van der Waals surface area contributed by atoms with E-state index >= 15 is 0 Å². The van der Waals surface area contributed by atoms with Crippen LogP contribution in [0.3, 0.4) is 0 Å². The molecule has 0 aliphatic heterocycles. The average molecular weight is 429 g/mol. The van der Waals surface area contributed by atoms with E-state index in [2.05, 4.69) is 15.5 Å². The first-order valence-corrected chi connectivity index (χ1v) is 10.3. The van der Waals surface area contributed by atoms with Crippen LogP contribution in [0.15, 0.2) is 58.5 Å². The summed E-state index contributed by atoms with van der Waals surface area (Å²) < 4.78 is 12.0. The van der Waals surface area contributed by atoms with Gasteiger partial charge < -0.3 is 14.8 Å². The van der Waals surface area contributed by atoms with Crippen molar-refractivity contribution in [3.63, 3.8) is 0 Å². The zero-order valence-corrected chi connectivity index (χ0v) is 17.9. The lowest BCUT2D eigenvalue weighted by atomic mass is 10.1. The average Bonchev–Trinajstić information content (AvgIpc) is 3.11. The largest absolute Gasteiger partial charge is 0.493 e. The third-order valence-electron chi connectivity index (χ3n) is 4.49. The molecule has 0 saturated carbocycles. The summed E-state index contributed by atoms with van der Waals surface area (Å²) in [6.07, 6.45) is 0.695. The highest BCUT2D eigenvalue weighted by Gasteiger charge is 2.19. The van der Waals surface area contributed by atoms with Crippen LogP contribution in [0.5, 0.6) is 11.5 Å². The number of thioether (sulfide) groups is 1. The second kappa shape index (κ2) is 10.0. The number of carbonyl (C=O) groups excluding carboxylic acids is 1. The monoisotopic (exact) mass is 428 g/mol. The molecule has 8 nitrogen and oxygen atoms in total. The highest BCUT2D eigenvalue weighted by atomic mass is 32.2. The number of aromatic amines is 1. The zero-order valence-electron chi connectivity index (χ0n) is 17.0. The molecule has 0 aliphatic rings. The Morgan fingerprint density at radius 3 is 2.60 bits per heavy atom. The number of aryl methyl sites for hydroxylation is 1. The predicted molar refractivity (Wildman–Crippen MR) is 116 cm³/mol. The quantitative estimate of drug-likeness (QED) is 0.509. The normalized spacial score (nSPS) is 11.7. The van der Waals surface area contributed by atoms with E-state index in [1.54, 1.807) is 36.8 Å². The van der Waals surface area contributed by atoms with Gasteiger partial charge in [0, 0.05) is 18.3 Å². The van der Waals surface area contributed by atoms with Crippen molar-refractivity contribution in [2.45, 2.75) is 30.3 Å². The second-order valence-electron chi connectivity index (χ2n) is 6.52. The summed E-state index contributed by atoms with van der Waals surface area (Å²) in [6.45, 7) is 2.24. The Bertz CT molecular complexity index is 1050. The molecular formula is C21H24N4O4S. The summed E-state index contributed by atoms with van der Waals surface area (Å²) in [5.41, 5.74) is 1.43. The Morgan fingerprint density at radius 2 is 1.90 bits per heavy atom. The van der Waals surface area contributed by atoms with Gasteiger partial charge in [0.2, 0.25) is 5.91 Å². The molecule has 0 fully saturated rings. The number of anilines is 1. The molecule has 1 aromatic heterocycles. The summed E-state index contributed by atoms with van der Waals surface area (Å²) in [6, 6.07) is 15.1. The number of methoxy groups -OCH3 is 2. The number of amides is 1. The van der Waals surface area contributed by atoms with Crippen molar-refractivity contribution in [3.8, 4) is 11.5 Å². The van der Waals surface area contributed by atoms with E-state index in [9.17, 15) is 9.59 Å². The van der Waals surface area contributed by atoms with Gasteiger partial charge in [-0.2, -0.15) is 0 Å². The van der Waals surface area contributed by atoms with Crippen molar-refractivity contribution >= 4 is 23.4 Å². The number of hydrogen-bond donors (Lipinski definition) is 2. The number of nitrogens with one attached hydrogen (secondary N) is 2. The van der Waals surface area contributed by atoms with E-state index in [0.29, 0.717) is 35.3 Å². The van der Waals surface area contributed by atoms with Crippen molar-refractivity contribution in [1.29, 1.82) is 0 Å². The van der Waals surface area contributed by atoms with Crippen molar-refractivity contribution in [2.24, 2.45) is 0 Å². The van der Waals surface area contributed by atoms with Crippen LogP contribution >= 0.6 is 11.8 Å². The first-order valence-electron chi connectivity index (χ1n) is 9.40. The topological polar surface area (TPSA) is 98.2 Å². The molecule has 2 aromatic carbocycles. The molecule has 0 radical (unpaired) electrons. The van der Waals surface area contributed by atoms with Crippen LogP contribution in [0, 0.1) is 0 Å². The number of rotatable bonds is 9. The number of benzene rings is 2. The lowest BCUT2D eigenvalue weighted by Crippen LogP contribution is -2.24. The number of aromatic nitrogens is 3. The van der Waals surface area contributed by atoms with Crippen LogP contribution in [-0.2, 0) is 17.8 Å². The van der Waals surface area contributed by atoms with Gasteiger partial charge in [0.25, 0.3) is 0 Å². The van der Waals surface area contributed by atoms with Crippen LogP contribution in [0.1, 0.15) is 12.5 Å². The molecule has 3 rings (SSSR count). The molecule has 2 N–H and O–H groups in total. The number of nitrogens with zero attached hydrogens (tertiary/aromatic N) is 2. The first kappa shape index (κ1) is 21.5. The Hall–Kier alpha value is -3.20. The molecule has 9 heteroatoms. The van der Waals surface area contributed by atoms with Crippen molar-refractivity contribution in [1.82, 2.24) is 14.8 Å². The van der Waals surface area contributed by atoms with E-state index in [1.807, 2.05) is 30.3 Å². The van der Waals surface area contributed by atoms with E-state index in [-0.39, 0.29) is 11.6 Å². The maximum Gasteiger partial charge on any atom is 0.343 e. The molecule has 158 valence electrons. The summed E-state index contributed by atoms with van der Waals surface area (Å²) in [7, 11) is 3.09. The minimum absolute atomic E-state index is 0.211. The van der Waals surface area contributed by atoms with Gasteiger partial charge in [-0.1, -0.05) is 42.1 Å². The number of H-pyrrole nitrogens is 1. The molecule has 0 spiro atoms. The first-order chi connectivity index (χ1) is 14.5. The Labute approximate surface area is 178 Å². The van der Waals surface area contributed by atoms with E-state index in [1.165, 1.54) is 18.9 Å². The molecule has 30 heavy (non-hydrogen) atoms. The molecule has 0 aliphatic carbocycles. The fourth-order valence-corrected chi connectivity index (χ4v) is 3.73. The van der Waals surface area contributed by atoms with Gasteiger partial charge in [-0.25, -0.2) is 9.89 Å². The third kappa shape index (κ3) is 5.24. The maximum atomic E-state index is 12.6. The van der Waals surface area contributed by atoms with Gasteiger partial charge in [0.15, 0.2) is 16.7 Å². The van der Waals surface area contributed by atoms with Gasteiger partial charge in [-0.05, 0) is 31.0 Å². The van der Waals surface area contributed by atoms with Gasteiger partial charge in [0.05, 0.1) is 19.5 Å². The van der Waals surface area contributed by atoms with Crippen LogP contribution in [-0.4, -0.2) is 40.1 Å². The standard InChI is InChI=1S/C21H24N4O4S/c1-14(19(26)22-16-9-10-17(28-2)18(13-16)29-3)30-21-24-23-20(27)25(21)12-11-15-7-5-4-6-8-15/h4-10,13-14H,11-12H2,1-3H3,(H,22,26)(H,23,27). The molecule has 1 heterocycles. The van der Waals surface area contributed by atoms with E-state index in [4.69, 9.17) is 9.47 Å². The van der Waals surface area contributed by atoms with Gasteiger partial charge >= 0.3 is 5.69 Å². The molecule has 1 atom stereocenters. The zero-order chi connectivity index (χ0) is 21.5. The van der Waals surface area contributed by atoms with Crippen LogP contribution < -0.4 is 20.5 Å². The summed E-state index contributed by atoms with van der Waals surface area (Å²) in [5.74, 6) is 0.895. The lowest BCUT2D eigenvalue weighted by molar-refractivity contribution is -0.115. The summed E-state index contributed by atoms with van der Waals surface area (Å²) in [4.78, 5) is 24.8. The van der Waals surface area contributed by atoms with Gasteiger partial charge in [-0.15, -0.1) is 5.10 Å². The molecule has 1 unspecified atom stereocenters. The minimum atomic E-state index is -0.469. The lowest BCUT2D eigenvalue weighted by Gasteiger charge is -2.14. The van der Waals surface area contributed by atoms with Crippen molar-refractivity contribution in [3.05, 3.63) is 64.6 Å². The van der Waals surface area contributed by atoms with Crippen LogP contribution in [0.4, 0.5) is 5.69 Å². The Morgan fingerprint density at radius 1 is 1.17 bits per heavy atom. The highest BCUT2D eigenvalue weighted by Crippen LogP contribution is 2.30. The highest BCUT2D eigenvalue weighted by molar-refractivity contribution is 8.00. The number of carbonyl (C=O) groups is 1. The maximum absolute atomic E-state index is 12.6. The molecule has 0 bridgehead atoms. The summed E-state index contributed by atoms with van der Waals surface area (Å²) >= 11 is 1.22. The number of hydrogen-bond acceptors (Lipinski definition) is 6. The fourth-order valence-electron chi connectivity index (χ4n) is 2.85. The van der Waals surface area contributed by atoms with Crippen molar-refractivity contribution in [2.75, 3.05) is 19.5 Å².